The van der Waals surface area contributed by atoms with Crippen molar-refractivity contribution in [3.05, 3.63) is 86.9 Å². The third-order valence-corrected chi connectivity index (χ3v) is 5.04. The van der Waals surface area contributed by atoms with Crippen LogP contribution in [-0.2, 0) is 0 Å². The van der Waals surface area contributed by atoms with Gasteiger partial charge >= 0.3 is 0 Å². The topological polar surface area (TPSA) is 28.7 Å². The van der Waals surface area contributed by atoms with Crippen molar-refractivity contribution in [3.63, 3.8) is 0 Å². The summed E-state index contributed by atoms with van der Waals surface area (Å²) >= 11 is 11.9. The molecule has 1 aromatic heterocycles. The lowest BCUT2D eigenvalue weighted by Crippen LogP contribution is -2.06. The number of H-pyrrole nitrogens is 1. The standard InChI is InChI=1S/C19H14Cl2F2N2/c20-13-7-11(3-5-15(13)22)18(12-4-6-16(23)14(21)8-12)19-24-9-17(25-19)10-1-2-10/h3-10,18H,1-2H2,(H,24,25). The molecule has 0 unspecified atom stereocenters. The van der Waals surface area contributed by atoms with Gasteiger partial charge in [-0.25, -0.2) is 13.8 Å². The first-order chi connectivity index (χ1) is 12.0. The number of hydrogen-bond donors (Lipinski definition) is 1. The van der Waals surface area contributed by atoms with Gasteiger partial charge in [-0.3, -0.25) is 0 Å². The summed E-state index contributed by atoms with van der Waals surface area (Å²) in [6.07, 6.45) is 4.13. The van der Waals surface area contributed by atoms with Gasteiger partial charge in [0.15, 0.2) is 0 Å². The van der Waals surface area contributed by atoms with Gasteiger partial charge in [0.2, 0.25) is 0 Å². The average Bonchev–Trinajstić information content (AvgIpc) is 3.33. The van der Waals surface area contributed by atoms with E-state index in [1.54, 1.807) is 24.3 Å². The fourth-order valence-corrected chi connectivity index (χ4v) is 3.37. The van der Waals surface area contributed by atoms with Gasteiger partial charge < -0.3 is 4.98 Å². The molecule has 0 saturated heterocycles. The molecule has 0 radical (unpaired) electrons. The van der Waals surface area contributed by atoms with E-state index >= 15 is 0 Å². The van der Waals surface area contributed by atoms with E-state index in [-0.39, 0.29) is 16.0 Å². The van der Waals surface area contributed by atoms with Crippen LogP contribution >= 0.6 is 23.2 Å². The summed E-state index contributed by atoms with van der Waals surface area (Å²) in [6.45, 7) is 0. The van der Waals surface area contributed by atoms with Crippen molar-refractivity contribution in [1.29, 1.82) is 0 Å². The zero-order valence-corrected chi connectivity index (χ0v) is 14.6. The first kappa shape index (κ1) is 16.6. The Balaban J connectivity index is 1.83. The van der Waals surface area contributed by atoms with Crippen LogP contribution < -0.4 is 0 Å². The molecule has 0 bridgehead atoms. The molecule has 25 heavy (non-hydrogen) atoms. The molecule has 1 aliphatic rings. The van der Waals surface area contributed by atoms with Crippen LogP contribution in [-0.4, -0.2) is 9.97 Å². The van der Waals surface area contributed by atoms with Crippen molar-refractivity contribution in [2.45, 2.75) is 24.7 Å². The van der Waals surface area contributed by atoms with Crippen molar-refractivity contribution < 1.29 is 8.78 Å². The van der Waals surface area contributed by atoms with Gasteiger partial charge in [0, 0.05) is 17.8 Å². The normalized spacial score (nSPS) is 14.3. The quantitative estimate of drug-likeness (QED) is 0.587. The molecule has 2 nitrogen and oxygen atoms in total. The van der Waals surface area contributed by atoms with E-state index < -0.39 is 11.6 Å². The smallest absolute Gasteiger partial charge is 0.141 e. The van der Waals surface area contributed by atoms with Crippen molar-refractivity contribution in [3.8, 4) is 0 Å². The highest BCUT2D eigenvalue weighted by atomic mass is 35.5. The number of hydrogen-bond acceptors (Lipinski definition) is 1. The molecule has 0 aliphatic heterocycles. The van der Waals surface area contributed by atoms with Gasteiger partial charge in [0.05, 0.1) is 16.0 Å². The summed E-state index contributed by atoms with van der Waals surface area (Å²) < 4.78 is 27.2. The maximum Gasteiger partial charge on any atom is 0.141 e. The molecular formula is C19H14Cl2F2N2. The van der Waals surface area contributed by atoms with E-state index in [1.807, 2.05) is 6.20 Å². The summed E-state index contributed by atoms with van der Waals surface area (Å²) in [4.78, 5) is 7.86. The van der Waals surface area contributed by atoms with E-state index in [4.69, 9.17) is 23.2 Å². The summed E-state index contributed by atoms with van der Waals surface area (Å²) in [7, 11) is 0. The van der Waals surface area contributed by atoms with Crippen LogP contribution in [0.25, 0.3) is 0 Å². The maximum atomic E-state index is 13.6. The lowest BCUT2D eigenvalue weighted by molar-refractivity contribution is 0.626. The van der Waals surface area contributed by atoms with Crippen LogP contribution in [0.5, 0.6) is 0 Å². The van der Waals surface area contributed by atoms with Gasteiger partial charge in [-0.1, -0.05) is 35.3 Å². The number of imidazole rings is 1. The SMILES string of the molecule is Fc1ccc(C(c2ccc(F)c(Cl)c2)c2ncc(C3CC3)[nH]2)cc1Cl. The third kappa shape index (κ3) is 3.29. The second-order valence-corrected chi connectivity index (χ2v) is 7.09. The molecule has 3 aromatic rings. The zero-order chi connectivity index (χ0) is 17.6. The highest BCUT2D eigenvalue weighted by Crippen LogP contribution is 2.40. The molecule has 1 aliphatic carbocycles. The molecule has 0 atom stereocenters. The van der Waals surface area contributed by atoms with Gasteiger partial charge in [-0.15, -0.1) is 0 Å². The molecule has 4 rings (SSSR count). The Morgan fingerprint density at radius 3 is 2.00 bits per heavy atom. The number of rotatable bonds is 4. The second kappa shape index (κ2) is 6.43. The van der Waals surface area contributed by atoms with E-state index in [2.05, 4.69) is 9.97 Å². The minimum absolute atomic E-state index is 0.0321. The zero-order valence-electron chi connectivity index (χ0n) is 13.1. The molecule has 1 heterocycles. The van der Waals surface area contributed by atoms with Gasteiger partial charge in [-0.05, 0) is 48.2 Å². The predicted octanol–water partition coefficient (Wildman–Crippen LogP) is 6.05. The number of nitrogens with one attached hydrogen (secondary N) is 1. The Bertz CT molecular complexity index is 883. The summed E-state index contributed by atoms with van der Waals surface area (Å²) in [6, 6.07) is 9.09. The third-order valence-electron chi connectivity index (χ3n) is 4.46. The van der Waals surface area contributed by atoms with Gasteiger partial charge in [0.25, 0.3) is 0 Å². The molecule has 1 fully saturated rings. The predicted molar refractivity (Wildman–Crippen MR) is 94.3 cm³/mol. The number of nitrogens with zero attached hydrogens (tertiary/aromatic N) is 1. The van der Waals surface area contributed by atoms with Crippen LogP contribution in [0.2, 0.25) is 10.0 Å². The summed E-state index contributed by atoms with van der Waals surface area (Å²) in [5.41, 5.74) is 2.60. The fraction of sp³-hybridized carbons (Fsp3) is 0.211. The lowest BCUT2D eigenvalue weighted by atomic mass is 9.90. The molecular weight excluding hydrogens is 365 g/mol. The highest BCUT2D eigenvalue weighted by molar-refractivity contribution is 6.31. The molecule has 6 heteroatoms. The molecule has 1 N–H and O–H groups in total. The Morgan fingerprint density at radius 2 is 1.52 bits per heavy atom. The van der Waals surface area contributed by atoms with Crippen molar-refractivity contribution >= 4 is 23.2 Å². The summed E-state index contributed by atoms with van der Waals surface area (Å²) in [5.74, 6) is -0.0923. The first-order valence-corrected chi connectivity index (χ1v) is 8.73. The number of benzene rings is 2. The largest absolute Gasteiger partial charge is 0.345 e. The van der Waals surface area contributed by atoms with Crippen LogP contribution in [0.3, 0.4) is 0 Å². The van der Waals surface area contributed by atoms with Crippen molar-refractivity contribution in [2.24, 2.45) is 0 Å². The minimum Gasteiger partial charge on any atom is -0.345 e. The Morgan fingerprint density at radius 1 is 0.960 bits per heavy atom. The van der Waals surface area contributed by atoms with Gasteiger partial charge in [-0.2, -0.15) is 0 Å². The molecule has 1 saturated carbocycles. The van der Waals surface area contributed by atoms with Crippen LogP contribution in [0.4, 0.5) is 8.78 Å². The second-order valence-electron chi connectivity index (χ2n) is 6.28. The Hall–Kier alpha value is -1.91. The van der Waals surface area contributed by atoms with Crippen LogP contribution in [0.15, 0.2) is 42.6 Å². The first-order valence-electron chi connectivity index (χ1n) is 7.97. The van der Waals surface area contributed by atoms with Crippen LogP contribution in [0, 0.1) is 11.6 Å². The van der Waals surface area contributed by atoms with Gasteiger partial charge in [0.1, 0.15) is 17.5 Å². The minimum atomic E-state index is -0.487. The average molecular weight is 379 g/mol. The lowest BCUT2D eigenvalue weighted by Gasteiger charge is -2.17. The highest BCUT2D eigenvalue weighted by Gasteiger charge is 2.28. The van der Waals surface area contributed by atoms with E-state index in [0.29, 0.717) is 11.7 Å². The molecule has 0 amide bonds. The molecule has 128 valence electrons. The van der Waals surface area contributed by atoms with Crippen LogP contribution in [0.1, 0.15) is 47.3 Å². The molecule has 2 aromatic carbocycles. The molecule has 0 spiro atoms. The Labute approximate surface area is 153 Å². The van der Waals surface area contributed by atoms with E-state index in [1.165, 1.54) is 12.1 Å². The van der Waals surface area contributed by atoms with Crippen molar-refractivity contribution in [2.75, 3.05) is 0 Å². The number of aromatic nitrogens is 2. The summed E-state index contributed by atoms with van der Waals surface area (Å²) in [5, 5.41) is 0.0642. The van der Waals surface area contributed by atoms with Crippen molar-refractivity contribution in [1.82, 2.24) is 9.97 Å². The Kier molecular flexibility index (Phi) is 4.26. The van der Waals surface area contributed by atoms with E-state index in [9.17, 15) is 8.78 Å². The fourth-order valence-electron chi connectivity index (χ4n) is 2.99. The number of halogens is 4. The monoisotopic (exact) mass is 378 g/mol. The van der Waals surface area contributed by atoms with E-state index in [0.717, 1.165) is 29.7 Å². The maximum absolute atomic E-state index is 13.6. The number of aromatic amines is 1.